The molecule has 1 N–H and O–H groups in total. The SMILES string of the molecule is Cn1ccc(NC(=O)c2ccccc2)n1. The summed E-state index contributed by atoms with van der Waals surface area (Å²) in [7, 11) is 1.80. The van der Waals surface area contributed by atoms with Gasteiger partial charge in [-0.1, -0.05) is 18.2 Å². The van der Waals surface area contributed by atoms with Gasteiger partial charge in [-0.25, -0.2) is 0 Å². The number of nitrogens with one attached hydrogen (secondary N) is 1. The molecule has 1 aromatic carbocycles. The van der Waals surface area contributed by atoms with E-state index in [1.165, 1.54) is 0 Å². The summed E-state index contributed by atoms with van der Waals surface area (Å²) < 4.78 is 1.64. The van der Waals surface area contributed by atoms with E-state index in [2.05, 4.69) is 10.4 Å². The molecular weight excluding hydrogens is 190 g/mol. The van der Waals surface area contributed by atoms with Crippen LogP contribution >= 0.6 is 0 Å². The van der Waals surface area contributed by atoms with Crippen molar-refractivity contribution in [1.82, 2.24) is 9.78 Å². The zero-order valence-electron chi connectivity index (χ0n) is 8.34. The third-order valence-corrected chi connectivity index (χ3v) is 1.99. The highest BCUT2D eigenvalue weighted by atomic mass is 16.1. The molecule has 2 aromatic rings. The summed E-state index contributed by atoms with van der Waals surface area (Å²) in [4.78, 5) is 11.7. The van der Waals surface area contributed by atoms with Crippen LogP contribution in [0.1, 0.15) is 10.4 Å². The second-order valence-electron chi connectivity index (χ2n) is 3.19. The van der Waals surface area contributed by atoms with Crippen LogP contribution in [-0.2, 0) is 7.05 Å². The lowest BCUT2D eigenvalue weighted by Crippen LogP contribution is -2.12. The van der Waals surface area contributed by atoms with Crippen molar-refractivity contribution >= 4 is 11.7 Å². The summed E-state index contributed by atoms with van der Waals surface area (Å²) in [5, 5.41) is 6.77. The Morgan fingerprint density at radius 2 is 2.00 bits per heavy atom. The van der Waals surface area contributed by atoms with Crippen molar-refractivity contribution in [2.75, 3.05) is 5.32 Å². The van der Waals surface area contributed by atoms with Crippen LogP contribution in [0.4, 0.5) is 5.82 Å². The fourth-order valence-electron chi connectivity index (χ4n) is 1.26. The zero-order valence-corrected chi connectivity index (χ0v) is 8.34. The second kappa shape index (κ2) is 3.96. The van der Waals surface area contributed by atoms with Crippen molar-refractivity contribution in [3.63, 3.8) is 0 Å². The van der Waals surface area contributed by atoms with Gasteiger partial charge in [0.05, 0.1) is 0 Å². The molecule has 2 rings (SSSR count). The molecule has 0 fully saturated rings. The Hall–Kier alpha value is -2.10. The predicted octanol–water partition coefficient (Wildman–Crippen LogP) is 1.67. The van der Waals surface area contributed by atoms with Gasteiger partial charge in [-0.3, -0.25) is 9.48 Å². The van der Waals surface area contributed by atoms with E-state index in [0.717, 1.165) is 0 Å². The maximum Gasteiger partial charge on any atom is 0.256 e. The van der Waals surface area contributed by atoms with Gasteiger partial charge < -0.3 is 5.32 Å². The van der Waals surface area contributed by atoms with Gasteiger partial charge in [-0.05, 0) is 12.1 Å². The van der Waals surface area contributed by atoms with Crippen molar-refractivity contribution in [1.29, 1.82) is 0 Å². The minimum Gasteiger partial charge on any atom is -0.305 e. The van der Waals surface area contributed by atoms with Gasteiger partial charge in [-0.2, -0.15) is 5.10 Å². The highest BCUT2D eigenvalue weighted by Crippen LogP contribution is 2.05. The van der Waals surface area contributed by atoms with Crippen molar-refractivity contribution in [3.05, 3.63) is 48.2 Å². The van der Waals surface area contributed by atoms with Crippen LogP contribution in [0.2, 0.25) is 0 Å². The first kappa shape index (κ1) is 9.45. The van der Waals surface area contributed by atoms with Crippen LogP contribution in [0.5, 0.6) is 0 Å². The molecule has 4 nitrogen and oxygen atoms in total. The Morgan fingerprint density at radius 3 is 2.60 bits per heavy atom. The van der Waals surface area contributed by atoms with E-state index >= 15 is 0 Å². The summed E-state index contributed by atoms with van der Waals surface area (Å²) in [6.07, 6.45) is 1.78. The molecule has 76 valence electrons. The van der Waals surface area contributed by atoms with Crippen LogP contribution in [-0.4, -0.2) is 15.7 Å². The number of amides is 1. The molecule has 0 saturated heterocycles. The summed E-state index contributed by atoms with van der Waals surface area (Å²) in [5.74, 6) is 0.417. The minimum atomic E-state index is -0.144. The Morgan fingerprint density at radius 1 is 1.27 bits per heavy atom. The maximum absolute atomic E-state index is 11.7. The molecule has 0 unspecified atom stereocenters. The molecule has 1 amide bonds. The number of hydrogen-bond donors (Lipinski definition) is 1. The molecular formula is C11H11N3O. The monoisotopic (exact) mass is 201 g/mol. The minimum absolute atomic E-state index is 0.144. The van der Waals surface area contributed by atoms with Crippen LogP contribution in [0, 0.1) is 0 Å². The van der Waals surface area contributed by atoms with Gasteiger partial charge in [-0.15, -0.1) is 0 Å². The van der Waals surface area contributed by atoms with E-state index in [1.807, 2.05) is 18.2 Å². The highest BCUT2D eigenvalue weighted by Gasteiger charge is 2.05. The quantitative estimate of drug-likeness (QED) is 0.803. The van der Waals surface area contributed by atoms with E-state index in [-0.39, 0.29) is 5.91 Å². The number of carbonyl (C=O) groups is 1. The van der Waals surface area contributed by atoms with Gasteiger partial charge in [0.25, 0.3) is 5.91 Å². The highest BCUT2D eigenvalue weighted by molar-refractivity contribution is 6.03. The van der Waals surface area contributed by atoms with Crippen LogP contribution in [0.3, 0.4) is 0 Å². The average molecular weight is 201 g/mol. The Kier molecular flexibility index (Phi) is 2.49. The Bertz CT molecular complexity index is 462. The van der Waals surface area contributed by atoms with E-state index < -0.39 is 0 Å². The van der Waals surface area contributed by atoms with E-state index in [4.69, 9.17) is 0 Å². The van der Waals surface area contributed by atoms with E-state index in [1.54, 1.807) is 36.1 Å². The lowest BCUT2D eigenvalue weighted by atomic mass is 10.2. The molecule has 0 aliphatic carbocycles. The first-order valence-corrected chi connectivity index (χ1v) is 4.62. The molecule has 1 heterocycles. The van der Waals surface area contributed by atoms with E-state index in [9.17, 15) is 4.79 Å². The lowest BCUT2D eigenvalue weighted by molar-refractivity contribution is 0.102. The molecule has 0 aliphatic heterocycles. The van der Waals surface area contributed by atoms with Gasteiger partial charge >= 0.3 is 0 Å². The first-order valence-electron chi connectivity index (χ1n) is 4.62. The number of aryl methyl sites for hydroxylation is 1. The summed E-state index contributed by atoms with van der Waals surface area (Å²) in [6, 6.07) is 10.8. The molecule has 0 radical (unpaired) electrons. The average Bonchev–Trinajstić information content (AvgIpc) is 2.65. The molecule has 0 aliphatic rings. The molecule has 0 saturated carbocycles. The normalized spacial score (nSPS) is 9.93. The standard InChI is InChI=1S/C11H11N3O/c1-14-8-7-10(13-14)12-11(15)9-5-3-2-4-6-9/h2-8H,1H3,(H,12,13,15). The van der Waals surface area contributed by atoms with Crippen molar-refractivity contribution in [2.24, 2.45) is 7.05 Å². The summed E-state index contributed by atoms with van der Waals surface area (Å²) in [6.45, 7) is 0. The van der Waals surface area contributed by atoms with E-state index in [0.29, 0.717) is 11.4 Å². The molecule has 0 bridgehead atoms. The smallest absolute Gasteiger partial charge is 0.256 e. The van der Waals surface area contributed by atoms with Gasteiger partial charge in [0, 0.05) is 24.9 Å². The third-order valence-electron chi connectivity index (χ3n) is 1.99. The number of carbonyl (C=O) groups excluding carboxylic acids is 1. The van der Waals surface area contributed by atoms with Gasteiger partial charge in [0.15, 0.2) is 5.82 Å². The van der Waals surface area contributed by atoms with Crippen LogP contribution in [0.15, 0.2) is 42.6 Å². The van der Waals surface area contributed by atoms with Crippen molar-refractivity contribution < 1.29 is 4.79 Å². The number of nitrogens with zero attached hydrogens (tertiary/aromatic N) is 2. The molecule has 4 heteroatoms. The lowest BCUT2D eigenvalue weighted by Gasteiger charge is -2.00. The number of rotatable bonds is 2. The molecule has 0 spiro atoms. The molecule has 0 atom stereocenters. The van der Waals surface area contributed by atoms with Gasteiger partial charge in [0.2, 0.25) is 0 Å². The molecule has 15 heavy (non-hydrogen) atoms. The van der Waals surface area contributed by atoms with Crippen molar-refractivity contribution in [3.8, 4) is 0 Å². The Labute approximate surface area is 87.5 Å². The Balaban J connectivity index is 2.11. The zero-order chi connectivity index (χ0) is 10.7. The maximum atomic E-state index is 11.7. The fraction of sp³-hybridized carbons (Fsp3) is 0.0909. The van der Waals surface area contributed by atoms with Crippen molar-refractivity contribution in [2.45, 2.75) is 0 Å². The van der Waals surface area contributed by atoms with Gasteiger partial charge in [0.1, 0.15) is 0 Å². The number of benzene rings is 1. The second-order valence-corrected chi connectivity index (χ2v) is 3.19. The van der Waals surface area contributed by atoms with Crippen LogP contribution < -0.4 is 5.32 Å². The summed E-state index contributed by atoms with van der Waals surface area (Å²) in [5.41, 5.74) is 0.628. The number of hydrogen-bond acceptors (Lipinski definition) is 2. The third kappa shape index (κ3) is 2.22. The topological polar surface area (TPSA) is 46.9 Å². The summed E-state index contributed by atoms with van der Waals surface area (Å²) >= 11 is 0. The number of anilines is 1. The number of aromatic nitrogens is 2. The van der Waals surface area contributed by atoms with Crippen LogP contribution in [0.25, 0.3) is 0 Å². The predicted molar refractivity (Wildman–Crippen MR) is 57.6 cm³/mol. The largest absolute Gasteiger partial charge is 0.305 e. The molecule has 1 aromatic heterocycles. The fourth-order valence-corrected chi connectivity index (χ4v) is 1.26. The first-order chi connectivity index (χ1) is 7.25.